The lowest BCUT2D eigenvalue weighted by Crippen LogP contribution is -2.23. The minimum atomic E-state index is -4.06. The molecule has 1 N–H and O–H groups in total. The van der Waals surface area contributed by atoms with Crippen molar-refractivity contribution in [2.45, 2.75) is 37.5 Å². The molecule has 5 nitrogen and oxygen atoms in total. The van der Waals surface area contributed by atoms with Crippen LogP contribution in [0, 0.1) is 0 Å². The van der Waals surface area contributed by atoms with E-state index < -0.39 is 10.1 Å². The summed E-state index contributed by atoms with van der Waals surface area (Å²) in [7, 11) is -1.95. The van der Waals surface area contributed by atoms with Crippen molar-refractivity contribution in [3.63, 3.8) is 0 Å². The second kappa shape index (κ2) is 10.2. The molecule has 0 aromatic heterocycles. The largest absolute Gasteiger partial charge is 0.362 e. The van der Waals surface area contributed by atoms with Crippen molar-refractivity contribution in [1.82, 2.24) is 9.80 Å². The van der Waals surface area contributed by atoms with Crippen molar-refractivity contribution in [2.24, 2.45) is 0 Å². The molecule has 1 aliphatic heterocycles. The second-order valence-corrected chi connectivity index (χ2v) is 7.24. The summed E-state index contributed by atoms with van der Waals surface area (Å²) in [4.78, 5) is 4.48. The third-order valence-electron chi connectivity index (χ3n) is 3.65. The van der Waals surface area contributed by atoms with Gasteiger partial charge in [-0.3, -0.25) is 4.55 Å². The van der Waals surface area contributed by atoms with Crippen LogP contribution in [0.4, 0.5) is 0 Å². The SMILES string of the molecule is C=Cc1ccc(S(=O)(=O)O)cc1.CCCCCCN1C=CN(C)C1. The van der Waals surface area contributed by atoms with Gasteiger partial charge in [-0.2, -0.15) is 8.42 Å². The highest BCUT2D eigenvalue weighted by Crippen LogP contribution is 2.10. The molecule has 134 valence electrons. The normalized spacial score (nSPS) is 13.6. The predicted octanol–water partition coefficient (Wildman–Crippen LogP) is 3.82. The number of hydrogen-bond donors (Lipinski definition) is 1. The number of hydrogen-bond acceptors (Lipinski definition) is 4. The van der Waals surface area contributed by atoms with Gasteiger partial charge >= 0.3 is 0 Å². The van der Waals surface area contributed by atoms with E-state index in [1.165, 1.54) is 44.4 Å². The molecule has 0 fully saturated rings. The molecular formula is C18H28N2O3S. The maximum atomic E-state index is 10.6. The van der Waals surface area contributed by atoms with E-state index in [0.29, 0.717) is 0 Å². The first-order valence-electron chi connectivity index (χ1n) is 8.19. The third kappa shape index (κ3) is 7.66. The summed E-state index contributed by atoms with van der Waals surface area (Å²) in [6.45, 7) is 8.06. The van der Waals surface area contributed by atoms with Crippen LogP contribution in [-0.2, 0) is 10.1 Å². The lowest BCUT2D eigenvalue weighted by atomic mass is 10.2. The van der Waals surface area contributed by atoms with Crippen LogP contribution in [0.2, 0.25) is 0 Å². The Labute approximate surface area is 146 Å². The van der Waals surface area contributed by atoms with E-state index >= 15 is 0 Å². The average Bonchev–Trinajstić information content (AvgIpc) is 2.97. The van der Waals surface area contributed by atoms with E-state index in [1.807, 2.05) is 0 Å². The zero-order valence-electron chi connectivity index (χ0n) is 14.6. The zero-order valence-corrected chi connectivity index (χ0v) is 15.4. The van der Waals surface area contributed by atoms with E-state index in [2.05, 4.69) is 42.8 Å². The van der Waals surface area contributed by atoms with Crippen LogP contribution in [0.3, 0.4) is 0 Å². The topological polar surface area (TPSA) is 60.9 Å². The lowest BCUT2D eigenvalue weighted by molar-refractivity contribution is 0.291. The molecule has 0 radical (unpaired) electrons. The van der Waals surface area contributed by atoms with Gasteiger partial charge < -0.3 is 9.80 Å². The van der Waals surface area contributed by atoms with Crippen LogP contribution in [0.5, 0.6) is 0 Å². The summed E-state index contributed by atoms with van der Waals surface area (Å²) in [5.74, 6) is 0. The van der Waals surface area contributed by atoms with Gasteiger partial charge in [0.1, 0.15) is 0 Å². The number of nitrogens with zero attached hydrogens (tertiary/aromatic N) is 2. The molecule has 0 saturated heterocycles. The van der Waals surface area contributed by atoms with Crippen molar-refractivity contribution in [2.75, 3.05) is 20.3 Å². The fraction of sp³-hybridized carbons (Fsp3) is 0.444. The number of unbranched alkanes of at least 4 members (excludes halogenated alkanes) is 3. The fourth-order valence-corrected chi connectivity index (χ4v) is 2.73. The van der Waals surface area contributed by atoms with Gasteiger partial charge in [-0.1, -0.05) is 51.0 Å². The molecule has 0 aliphatic carbocycles. The molecule has 0 amide bonds. The van der Waals surface area contributed by atoms with E-state index in [-0.39, 0.29) is 4.90 Å². The first kappa shape index (κ1) is 20.3. The van der Waals surface area contributed by atoms with Crippen LogP contribution >= 0.6 is 0 Å². The Morgan fingerprint density at radius 2 is 1.83 bits per heavy atom. The third-order valence-corrected chi connectivity index (χ3v) is 4.52. The first-order chi connectivity index (χ1) is 11.4. The summed E-state index contributed by atoms with van der Waals surface area (Å²) in [6, 6.07) is 5.78. The van der Waals surface area contributed by atoms with Crippen molar-refractivity contribution in [3.8, 4) is 0 Å². The van der Waals surface area contributed by atoms with Crippen LogP contribution in [0.1, 0.15) is 38.2 Å². The fourth-order valence-electron chi connectivity index (χ4n) is 2.25. The molecule has 1 aromatic carbocycles. The van der Waals surface area contributed by atoms with Gasteiger partial charge in [-0.05, 0) is 24.1 Å². The highest BCUT2D eigenvalue weighted by atomic mass is 32.2. The Bertz CT molecular complexity index is 624. The molecule has 6 heteroatoms. The van der Waals surface area contributed by atoms with Gasteiger partial charge in [-0.15, -0.1) is 0 Å². The standard InChI is InChI=1S/C10H20N2.C8H8O3S/c1-3-4-5-6-7-12-9-8-11(2)10-12;1-2-7-3-5-8(6-4-7)12(9,10)11/h8-9H,3-7,10H2,1-2H3;2-6H,1H2,(H,9,10,11). The molecule has 0 bridgehead atoms. The van der Waals surface area contributed by atoms with Crippen molar-refractivity contribution < 1.29 is 13.0 Å². The molecule has 0 saturated carbocycles. The highest BCUT2D eigenvalue weighted by molar-refractivity contribution is 7.85. The predicted molar refractivity (Wildman–Crippen MR) is 99.0 cm³/mol. The van der Waals surface area contributed by atoms with Gasteiger partial charge in [0.25, 0.3) is 10.1 Å². The van der Waals surface area contributed by atoms with E-state index in [1.54, 1.807) is 18.2 Å². The second-order valence-electron chi connectivity index (χ2n) is 5.82. The molecule has 1 heterocycles. The maximum absolute atomic E-state index is 10.6. The quantitative estimate of drug-likeness (QED) is 0.597. The Morgan fingerprint density at radius 3 is 2.29 bits per heavy atom. The smallest absolute Gasteiger partial charge is 0.294 e. The summed E-state index contributed by atoms with van der Waals surface area (Å²) in [5, 5.41) is 0. The molecule has 0 spiro atoms. The van der Waals surface area contributed by atoms with Gasteiger partial charge in [0.15, 0.2) is 0 Å². The summed E-state index contributed by atoms with van der Waals surface area (Å²) >= 11 is 0. The first-order valence-corrected chi connectivity index (χ1v) is 9.63. The highest BCUT2D eigenvalue weighted by Gasteiger charge is 2.07. The van der Waals surface area contributed by atoms with Crippen LogP contribution in [0.15, 0.2) is 48.1 Å². The molecular weight excluding hydrogens is 324 g/mol. The number of rotatable bonds is 7. The van der Waals surface area contributed by atoms with Crippen molar-refractivity contribution in [1.29, 1.82) is 0 Å². The summed E-state index contributed by atoms with van der Waals surface area (Å²) < 4.78 is 29.7. The Kier molecular flexibility index (Phi) is 8.57. The summed E-state index contributed by atoms with van der Waals surface area (Å²) in [6.07, 6.45) is 11.3. The molecule has 0 atom stereocenters. The van der Waals surface area contributed by atoms with E-state index in [0.717, 1.165) is 12.2 Å². The van der Waals surface area contributed by atoms with Crippen LogP contribution in [0.25, 0.3) is 6.08 Å². The van der Waals surface area contributed by atoms with Crippen LogP contribution in [-0.4, -0.2) is 43.0 Å². The van der Waals surface area contributed by atoms with Gasteiger partial charge in [0, 0.05) is 26.0 Å². The minimum Gasteiger partial charge on any atom is -0.362 e. The summed E-state index contributed by atoms with van der Waals surface area (Å²) in [5.41, 5.74) is 0.808. The Balaban J connectivity index is 0.000000240. The zero-order chi connectivity index (χ0) is 18.0. The molecule has 2 rings (SSSR count). The van der Waals surface area contributed by atoms with Gasteiger partial charge in [-0.25, -0.2) is 0 Å². The molecule has 1 aliphatic rings. The van der Waals surface area contributed by atoms with Crippen molar-refractivity contribution >= 4 is 16.2 Å². The maximum Gasteiger partial charge on any atom is 0.294 e. The monoisotopic (exact) mass is 352 g/mol. The molecule has 24 heavy (non-hydrogen) atoms. The van der Waals surface area contributed by atoms with Crippen molar-refractivity contribution in [3.05, 3.63) is 48.8 Å². The average molecular weight is 353 g/mol. The Hall–Kier alpha value is -1.79. The lowest BCUT2D eigenvalue weighted by Gasteiger charge is -2.17. The van der Waals surface area contributed by atoms with Gasteiger partial charge in [0.05, 0.1) is 11.6 Å². The molecule has 0 unspecified atom stereocenters. The minimum absolute atomic E-state index is 0.104. The van der Waals surface area contributed by atoms with Crippen LogP contribution < -0.4 is 0 Å². The van der Waals surface area contributed by atoms with Gasteiger partial charge in [0.2, 0.25) is 0 Å². The van der Waals surface area contributed by atoms with E-state index in [4.69, 9.17) is 4.55 Å². The van der Waals surface area contributed by atoms with E-state index in [9.17, 15) is 8.42 Å². The Morgan fingerprint density at radius 1 is 1.17 bits per heavy atom. The number of benzene rings is 1. The molecule has 1 aromatic rings.